The molecule has 1 aromatic heterocycles. The van der Waals surface area contributed by atoms with Crippen molar-refractivity contribution >= 4 is 11.7 Å². The molecule has 0 fully saturated rings. The van der Waals surface area contributed by atoms with Crippen molar-refractivity contribution in [1.29, 1.82) is 0 Å². The summed E-state index contributed by atoms with van der Waals surface area (Å²) in [6.07, 6.45) is 0.346. The van der Waals surface area contributed by atoms with Gasteiger partial charge in [0.25, 0.3) is 0 Å². The molecule has 1 N–H and O–H groups in total. The molecule has 0 aliphatic rings. The molecule has 122 valence electrons. The molecule has 2 aromatic rings. The summed E-state index contributed by atoms with van der Waals surface area (Å²) in [4.78, 5) is 16.5. The molecule has 1 unspecified atom stereocenters. The Balaban J connectivity index is 2.06. The van der Waals surface area contributed by atoms with Gasteiger partial charge < -0.3 is 14.8 Å². The fraction of sp³-hybridized carbons (Fsp3) is 0.333. The predicted octanol–water partition coefficient (Wildman–Crippen LogP) is 3.54. The van der Waals surface area contributed by atoms with Crippen molar-refractivity contribution in [2.24, 2.45) is 0 Å². The first-order valence-corrected chi connectivity index (χ1v) is 7.49. The molecule has 0 radical (unpaired) electrons. The van der Waals surface area contributed by atoms with Gasteiger partial charge in [-0.25, -0.2) is 4.98 Å². The van der Waals surface area contributed by atoms with E-state index in [0.29, 0.717) is 12.2 Å². The maximum absolute atomic E-state index is 12.2. The van der Waals surface area contributed by atoms with Gasteiger partial charge in [0.15, 0.2) is 0 Å². The Labute approximate surface area is 136 Å². The number of benzene rings is 1. The molecular formula is C18H22N2O3. The van der Waals surface area contributed by atoms with Gasteiger partial charge >= 0.3 is 0 Å². The van der Waals surface area contributed by atoms with E-state index in [-0.39, 0.29) is 11.8 Å². The van der Waals surface area contributed by atoms with Crippen LogP contribution in [-0.4, -0.2) is 25.1 Å². The standard InChI is InChI=1S/C18H22N2O3/c1-12(15-9-8-14(22-3)11-16(15)23-4)10-18(21)20-17-7-5-6-13(2)19-17/h5-9,11-12H,10H2,1-4H3,(H,19,20,21). The molecule has 0 aliphatic heterocycles. The lowest BCUT2D eigenvalue weighted by molar-refractivity contribution is -0.116. The smallest absolute Gasteiger partial charge is 0.226 e. The maximum Gasteiger partial charge on any atom is 0.226 e. The normalized spacial score (nSPS) is 11.7. The zero-order valence-corrected chi connectivity index (χ0v) is 13.9. The predicted molar refractivity (Wildman–Crippen MR) is 90.2 cm³/mol. The van der Waals surface area contributed by atoms with Crippen molar-refractivity contribution in [3.63, 3.8) is 0 Å². The number of nitrogens with one attached hydrogen (secondary N) is 1. The van der Waals surface area contributed by atoms with Gasteiger partial charge in [0.05, 0.1) is 14.2 Å². The minimum absolute atomic E-state index is 0.0145. The Hall–Kier alpha value is -2.56. The van der Waals surface area contributed by atoms with Gasteiger partial charge in [-0.1, -0.05) is 19.1 Å². The number of anilines is 1. The zero-order chi connectivity index (χ0) is 16.8. The average molecular weight is 314 g/mol. The molecule has 2 rings (SSSR count). The van der Waals surface area contributed by atoms with Crippen LogP contribution in [0.25, 0.3) is 0 Å². The van der Waals surface area contributed by atoms with Gasteiger partial charge in [0.1, 0.15) is 17.3 Å². The summed E-state index contributed by atoms with van der Waals surface area (Å²) in [5, 5.41) is 2.83. The summed E-state index contributed by atoms with van der Waals surface area (Å²) < 4.78 is 10.6. The minimum Gasteiger partial charge on any atom is -0.497 e. The Morgan fingerprint density at radius 3 is 2.65 bits per heavy atom. The largest absolute Gasteiger partial charge is 0.497 e. The lowest BCUT2D eigenvalue weighted by atomic mass is 9.96. The number of aryl methyl sites for hydroxylation is 1. The van der Waals surface area contributed by atoms with Crippen molar-refractivity contribution in [3.05, 3.63) is 47.7 Å². The highest BCUT2D eigenvalue weighted by Crippen LogP contribution is 2.32. The van der Waals surface area contributed by atoms with E-state index in [2.05, 4.69) is 10.3 Å². The van der Waals surface area contributed by atoms with Crippen LogP contribution in [0, 0.1) is 6.92 Å². The van der Waals surface area contributed by atoms with Crippen LogP contribution < -0.4 is 14.8 Å². The van der Waals surface area contributed by atoms with Crippen LogP contribution in [0.1, 0.15) is 30.5 Å². The summed E-state index contributed by atoms with van der Waals surface area (Å²) in [6.45, 7) is 3.88. The summed E-state index contributed by atoms with van der Waals surface area (Å²) in [5.74, 6) is 1.96. The highest BCUT2D eigenvalue weighted by molar-refractivity contribution is 5.90. The van der Waals surface area contributed by atoms with Crippen molar-refractivity contribution < 1.29 is 14.3 Å². The van der Waals surface area contributed by atoms with Crippen molar-refractivity contribution in [2.45, 2.75) is 26.2 Å². The third-order valence-electron chi connectivity index (χ3n) is 3.62. The van der Waals surface area contributed by atoms with Gasteiger partial charge in [-0.15, -0.1) is 0 Å². The van der Waals surface area contributed by atoms with Gasteiger partial charge in [-0.2, -0.15) is 0 Å². The number of hydrogen-bond donors (Lipinski definition) is 1. The van der Waals surface area contributed by atoms with Gasteiger partial charge in [-0.3, -0.25) is 4.79 Å². The summed E-state index contributed by atoms with van der Waals surface area (Å²) in [5.41, 5.74) is 1.84. The van der Waals surface area contributed by atoms with Crippen LogP contribution in [0.5, 0.6) is 11.5 Å². The quantitative estimate of drug-likeness (QED) is 0.886. The van der Waals surface area contributed by atoms with Gasteiger partial charge in [-0.05, 0) is 36.6 Å². The zero-order valence-electron chi connectivity index (χ0n) is 13.9. The lowest BCUT2D eigenvalue weighted by Crippen LogP contribution is -2.15. The Kier molecular flexibility index (Phi) is 5.57. The van der Waals surface area contributed by atoms with Crippen molar-refractivity contribution in [1.82, 2.24) is 4.98 Å². The second-order valence-electron chi connectivity index (χ2n) is 5.43. The number of carbonyl (C=O) groups excluding carboxylic acids is 1. The number of aromatic nitrogens is 1. The van der Waals surface area contributed by atoms with Crippen LogP contribution >= 0.6 is 0 Å². The topological polar surface area (TPSA) is 60.5 Å². The van der Waals surface area contributed by atoms with E-state index >= 15 is 0 Å². The highest BCUT2D eigenvalue weighted by atomic mass is 16.5. The van der Waals surface area contributed by atoms with Gasteiger partial charge in [0.2, 0.25) is 5.91 Å². The molecule has 5 heteroatoms. The summed E-state index contributed by atoms with van der Waals surface area (Å²) in [7, 11) is 3.22. The average Bonchev–Trinajstić information content (AvgIpc) is 2.53. The second kappa shape index (κ2) is 7.63. The SMILES string of the molecule is COc1ccc(C(C)CC(=O)Nc2cccc(C)n2)c(OC)c1. The van der Waals surface area contributed by atoms with Gasteiger partial charge in [0, 0.05) is 18.2 Å². The first kappa shape index (κ1) is 16.8. The van der Waals surface area contributed by atoms with E-state index in [0.717, 1.165) is 22.8 Å². The Morgan fingerprint density at radius 1 is 1.22 bits per heavy atom. The molecular weight excluding hydrogens is 292 g/mol. The third-order valence-corrected chi connectivity index (χ3v) is 3.62. The fourth-order valence-electron chi connectivity index (χ4n) is 2.42. The molecule has 0 aliphatic carbocycles. The molecule has 0 saturated carbocycles. The molecule has 23 heavy (non-hydrogen) atoms. The number of rotatable bonds is 6. The van der Waals surface area contributed by atoms with Crippen LogP contribution in [0.2, 0.25) is 0 Å². The Bertz CT molecular complexity index is 686. The molecule has 1 heterocycles. The first-order chi connectivity index (χ1) is 11.0. The monoisotopic (exact) mass is 314 g/mol. The number of pyridine rings is 1. The number of nitrogens with zero attached hydrogens (tertiary/aromatic N) is 1. The summed E-state index contributed by atoms with van der Waals surface area (Å²) >= 11 is 0. The van der Waals surface area contributed by atoms with E-state index < -0.39 is 0 Å². The Morgan fingerprint density at radius 2 is 2.00 bits per heavy atom. The molecule has 1 amide bonds. The lowest BCUT2D eigenvalue weighted by Gasteiger charge is -2.16. The maximum atomic E-state index is 12.2. The van der Waals surface area contributed by atoms with Crippen LogP contribution in [0.3, 0.4) is 0 Å². The molecule has 5 nitrogen and oxygen atoms in total. The molecule has 1 atom stereocenters. The number of ether oxygens (including phenoxy) is 2. The minimum atomic E-state index is -0.0755. The van der Waals surface area contributed by atoms with E-state index in [4.69, 9.17) is 9.47 Å². The highest BCUT2D eigenvalue weighted by Gasteiger charge is 2.16. The summed E-state index contributed by atoms with van der Waals surface area (Å²) in [6, 6.07) is 11.2. The molecule has 0 spiro atoms. The van der Waals surface area contributed by atoms with Crippen LogP contribution in [0.4, 0.5) is 5.82 Å². The number of hydrogen-bond acceptors (Lipinski definition) is 4. The molecule has 0 saturated heterocycles. The third kappa shape index (κ3) is 4.45. The van der Waals surface area contributed by atoms with Crippen LogP contribution in [0.15, 0.2) is 36.4 Å². The number of methoxy groups -OCH3 is 2. The van der Waals surface area contributed by atoms with Crippen molar-refractivity contribution in [2.75, 3.05) is 19.5 Å². The van der Waals surface area contributed by atoms with E-state index in [1.165, 1.54) is 0 Å². The number of amides is 1. The van der Waals surface area contributed by atoms with Crippen LogP contribution in [-0.2, 0) is 4.79 Å². The number of carbonyl (C=O) groups is 1. The first-order valence-electron chi connectivity index (χ1n) is 7.49. The van der Waals surface area contributed by atoms with E-state index in [1.54, 1.807) is 20.3 Å². The molecule has 0 bridgehead atoms. The van der Waals surface area contributed by atoms with E-state index in [9.17, 15) is 4.79 Å². The van der Waals surface area contributed by atoms with Crippen molar-refractivity contribution in [3.8, 4) is 11.5 Å². The fourth-order valence-corrected chi connectivity index (χ4v) is 2.42. The molecule has 1 aromatic carbocycles. The second-order valence-corrected chi connectivity index (χ2v) is 5.43. The van der Waals surface area contributed by atoms with E-state index in [1.807, 2.05) is 44.2 Å².